The molecule has 0 saturated carbocycles. The predicted octanol–water partition coefficient (Wildman–Crippen LogP) is 4.32. The highest BCUT2D eigenvalue weighted by Crippen LogP contribution is 2.28. The van der Waals surface area contributed by atoms with Crippen molar-refractivity contribution in [3.63, 3.8) is 0 Å². The summed E-state index contributed by atoms with van der Waals surface area (Å²) in [5, 5.41) is 0. The molecule has 0 aliphatic carbocycles. The molecule has 0 fully saturated rings. The number of ketones is 1. The summed E-state index contributed by atoms with van der Waals surface area (Å²) in [6, 6.07) is 10.7. The lowest BCUT2D eigenvalue weighted by Crippen LogP contribution is -2.07. The van der Waals surface area contributed by atoms with Crippen LogP contribution in [0.25, 0.3) is 0 Å². The number of alkyl halides is 1. The summed E-state index contributed by atoms with van der Waals surface area (Å²) < 4.78 is 0.877. The molecule has 1 aromatic heterocycles. The molecule has 1 aromatic carbocycles. The van der Waals surface area contributed by atoms with Gasteiger partial charge in [-0.2, -0.15) is 0 Å². The van der Waals surface area contributed by atoms with Crippen molar-refractivity contribution in [1.29, 1.82) is 0 Å². The van der Waals surface area contributed by atoms with Crippen molar-refractivity contribution in [3.8, 4) is 0 Å². The number of carbonyl (C=O) groups is 1. The third-order valence-corrected chi connectivity index (χ3v) is 3.87. The van der Waals surface area contributed by atoms with E-state index in [4.69, 9.17) is 5.73 Å². The first-order valence-electron chi connectivity index (χ1n) is 5.23. The van der Waals surface area contributed by atoms with Crippen LogP contribution in [0, 0.1) is 0 Å². The zero-order valence-corrected chi connectivity index (χ0v) is 14.6. The Hall–Kier alpha value is -0.720. The topological polar surface area (TPSA) is 56.0 Å². The second-order valence-corrected chi connectivity index (χ2v) is 5.58. The molecule has 0 aliphatic rings. The number of nitrogen functional groups attached to an aromatic ring is 1. The zero-order chi connectivity index (χ0) is 13.1. The number of hydrogen-bond donors (Lipinski definition) is 1. The number of pyridine rings is 1. The molecule has 1 unspecified atom stereocenters. The highest BCUT2D eigenvalue weighted by molar-refractivity contribution is 9.10. The fraction of sp³-hybridized carbons (Fsp3) is 0.0769. The van der Waals surface area contributed by atoms with Crippen LogP contribution >= 0.6 is 48.8 Å². The maximum absolute atomic E-state index is 12.3. The van der Waals surface area contributed by atoms with Crippen LogP contribution in [-0.4, -0.2) is 10.8 Å². The van der Waals surface area contributed by atoms with Crippen LogP contribution < -0.4 is 5.73 Å². The Balaban J connectivity index is 0.00000180. The number of rotatable bonds is 3. The molecular formula is C13H11Br3N2O. The second kappa shape index (κ2) is 7.17. The summed E-state index contributed by atoms with van der Waals surface area (Å²) >= 11 is 6.75. The van der Waals surface area contributed by atoms with Crippen LogP contribution in [0.3, 0.4) is 0 Å². The number of Topliss-reactive ketones (excluding diaryl/α,β-unsaturated/α-hetero) is 1. The number of nitrogens with zero attached hydrogens (tertiary/aromatic N) is 1. The maximum atomic E-state index is 12.3. The van der Waals surface area contributed by atoms with Gasteiger partial charge in [0.05, 0.1) is 0 Å². The van der Waals surface area contributed by atoms with E-state index in [0.717, 1.165) is 10.0 Å². The van der Waals surface area contributed by atoms with Gasteiger partial charge in [-0.1, -0.05) is 44.0 Å². The quantitative estimate of drug-likeness (QED) is 0.559. The van der Waals surface area contributed by atoms with Gasteiger partial charge in [0.25, 0.3) is 0 Å². The van der Waals surface area contributed by atoms with Gasteiger partial charge in [-0.25, -0.2) is 4.98 Å². The third-order valence-electron chi connectivity index (χ3n) is 2.44. The van der Waals surface area contributed by atoms with Gasteiger partial charge in [-0.15, -0.1) is 17.0 Å². The molecule has 0 aliphatic heterocycles. The SMILES string of the molecule is Br.Nc1cc(C(Br)C(=O)c2cccc(Br)c2)ccn1. The number of halogens is 3. The van der Waals surface area contributed by atoms with Crippen molar-refractivity contribution >= 4 is 60.4 Å². The Morgan fingerprint density at radius 1 is 1.26 bits per heavy atom. The van der Waals surface area contributed by atoms with Crippen LogP contribution in [0.4, 0.5) is 5.82 Å². The smallest absolute Gasteiger partial charge is 0.180 e. The maximum Gasteiger partial charge on any atom is 0.180 e. The lowest BCUT2D eigenvalue weighted by molar-refractivity contribution is 0.0991. The Morgan fingerprint density at radius 2 is 2.00 bits per heavy atom. The van der Waals surface area contributed by atoms with Crippen molar-refractivity contribution in [2.45, 2.75) is 4.83 Å². The van der Waals surface area contributed by atoms with Crippen molar-refractivity contribution in [1.82, 2.24) is 4.98 Å². The Labute approximate surface area is 138 Å². The van der Waals surface area contributed by atoms with E-state index in [1.807, 2.05) is 12.1 Å². The number of aromatic nitrogens is 1. The van der Waals surface area contributed by atoms with Gasteiger partial charge in [-0.05, 0) is 29.8 Å². The van der Waals surface area contributed by atoms with E-state index < -0.39 is 4.83 Å². The molecule has 0 spiro atoms. The number of carbonyl (C=O) groups excluding carboxylic acids is 1. The average molecular weight is 451 g/mol. The number of benzene rings is 1. The summed E-state index contributed by atoms with van der Waals surface area (Å²) in [4.78, 5) is 15.8. The number of nitrogens with two attached hydrogens (primary N) is 1. The monoisotopic (exact) mass is 448 g/mol. The molecule has 2 N–H and O–H groups in total. The molecule has 19 heavy (non-hydrogen) atoms. The van der Waals surface area contributed by atoms with E-state index in [1.54, 1.807) is 30.5 Å². The average Bonchev–Trinajstić information content (AvgIpc) is 2.37. The van der Waals surface area contributed by atoms with E-state index in [9.17, 15) is 4.79 Å². The minimum atomic E-state index is -0.419. The minimum absolute atomic E-state index is 0. The normalized spacial score (nSPS) is 11.5. The predicted molar refractivity (Wildman–Crippen MR) is 89.1 cm³/mol. The van der Waals surface area contributed by atoms with E-state index in [0.29, 0.717) is 11.4 Å². The zero-order valence-electron chi connectivity index (χ0n) is 9.72. The van der Waals surface area contributed by atoms with Crippen LogP contribution in [0.2, 0.25) is 0 Å². The molecule has 3 nitrogen and oxygen atoms in total. The minimum Gasteiger partial charge on any atom is -0.384 e. The van der Waals surface area contributed by atoms with Crippen molar-refractivity contribution in [3.05, 3.63) is 58.2 Å². The molecule has 1 heterocycles. The third kappa shape index (κ3) is 4.12. The fourth-order valence-corrected chi connectivity index (χ4v) is 2.51. The van der Waals surface area contributed by atoms with Gasteiger partial charge in [-0.3, -0.25) is 4.79 Å². The van der Waals surface area contributed by atoms with E-state index >= 15 is 0 Å². The lowest BCUT2D eigenvalue weighted by atomic mass is 10.0. The fourth-order valence-electron chi connectivity index (χ4n) is 1.56. The molecule has 0 bridgehead atoms. The molecule has 2 aromatic rings. The number of anilines is 1. The standard InChI is InChI=1S/C13H10Br2N2O.BrH/c14-10-3-1-2-9(6-10)13(18)12(15)8-4-5-17-11(16)7-8;/h1-7,12H,(H2,16,17);1H. The van der Waals surface area contributed by atoms with Gasteiger partial charge in [0.1, 0.15) is 10.6 Å². The molecular weight excluding hydrogens is 440 g/mol. The highest BCUT2D eigenvalue weighted by Gasteiger charge is 2.19. The highest BCUT2D eigenvalue weighted by atomic mass is 79.9. The van der Waals surface area contributed by atoms with E-state index in [1.165, 1.54) is 0 Å². The van der Waals surface area contributed by atoms with Crippen LogP contribution in [-0.2, 0) is 0 Å². The summed E-state index contributed by atoms with van der Waals surface area (Å²) in [5.41, 5.74) is 7.05. The molecule has 0 radical (unpaired) electrons. The van der Waals surface area contributed by atoms with Crippen molar-refractivity contribution in [2.24, 2.45) is 0 Å². The van der Waals surface area contributed by atoms with Gasteiger partial charge < -0.3 is 5.73 Å². The second-order valence-electron chi connectivity index (χ2n) is 3.75. The van der Waals surface area contributed by atoms with Gasteiger partial charge >= 0.3 is 0 Å². The summed E-state index contributed by atoms with van der Waals surface area (Å²) in [6.45, 7) is 0. The number of hydrogen-bond acceptors (Lipinski definition) is 3. The van der Waals surface area contributed by atoms with Crippen molar-refractivity contribution in [2.75, 3.05) is 5.73 Å². The molecule has 2 rings (SSSR count). The molecule has 0 amide bonds. The summed E-state index contributed by atoms with van der Waals surface area (Å²) in [6.07, 6.45) is 1.59. The van der Waals surface area contributed by atoms with Gasteiger partial charge in [0.2, 0.25) is 0 Å². The largest absolute Gasteiger partial charge is 0.384 e. The van der Waals surface area contributed by atoms with E-state index in [-0.39, 0.29) is 22.8 Å². The first kappa shape index (κ1) is 16.3. The van der Waals surface area contributed by atoms with Crippen LogP contribution in [0.1, 0.15) is 20.7 Å². The molecule has 0 saturated heterocycles. The Bertz CT molecular complexity index is 590. The first-order valence-corrected chi connectivity index (χ1v) is 6.94. The Morgan fingerprint density at radius 3 is 2.63 bits per heavy atom. The molecule has 6 heteroatoms. The molecule has 1 atom stereocenters. The van der Waals surface area contributed by atoms with Gasteiger partial charge in [0, 0.05) is 16.2 Å². The van der Waals surface area contributed by atoms with Gasteiger partial charge in [0.15, 0.2) is 5.78 Å². The lowest BCUT2D eigenvalue weighted by Gasteiger charge is -2.09. The van der Waals surface area contributed by atoms with Crippen LogP contribution in [0.15, 0.2) is 47.1 Å². The first-order chi connectivity index (χ1) is 8.58. The van der Waals surface area contributed by atoms with E-state index in [2.05, 4.69) is 36.8 Å². The van der Waals surface area contributed by atoms with Crippen molar-refractivity contribution < 1.29 is 4.79 Å². The van der Waals surface area contributed by atoms with Crippen LogP contribution in [0.5, 0.6) is 0 Å². The summed E-state index contributed by atoms with van der Waals surface area (Å²) in [7, 11) is 0. The molecule has 100 valence electrons. The summed E-state index contributed by atoms with van der Waals surface area (Å²) in [5.74, 6) is 0.390. The Kier molecular flexibility index (Phi) is 6.16.